The van der Waals surface area contributed by atoms with Crippen LogP contribution in [0.5, 0.6) is 0 Å². The smallest absolute Gasteiger partial charge is 0.246 e. The lowest BCUT2D eigenvalue weighted by Crippen LogP contribution is -2.53. The number of rotatable bonds is 4. The predicted octanol–water partition coefficient (Wildman–Crippen LogP) is 3.54. The van der Waals surface area contributed by atoms with Crippen LogP contribution in [-0.4, -0.2) is 53.3 Å². The molecular formula is C31H41N5O3. The first-order chi connectivity index (χ1) is 19.0. The number of likely N-dealkylation sites (N-methyl/N-ethyl adjacent to an activating group) is 1. The van der Waals surface area contributed by atoms with Crippen LogP contribution in [0.2, 0.25) is 0 Å². The Hall–Kier alpha value is -3.65. The van der Waals surface area contributed by atoms with Crippen LogP contribution >= 0.6 is 0 Å². The Balaban J connectivity index is 0.000000244. The molecule has 3 heterocycles. The number of amides is 3. The Morgan fingerprint density at radius 1 is 1.00 bits per heavy atom. The minimum atomic E-state index is -0.728. The molecule has 3 amide bonds. The second-order valence-corrected chi connectivity index (χ2v) is 10.2. The van der Waals surface area contributed by atoms with E-state index in [9.17, 15) is 14.4 Å². The number of nitrogens with one attached hydrogen (secondary N) is 3. The number of para-hydroxylation sites is 1. The van der Waals surface area contributed by atoms with E-state index in [0.29, 0.717) is 19.3 Å². The topological polar surface area (TPSA) is 120 Å². The maximum absolute atomic E-state index is 13.3. The van der Waals surface area contributed by atoms with Crippen LogP contribution in [0.4, 0.5) is 0 Å². The molecule has 2 aromatic carbocycles. The maximum atomic E-state index is 13.3. The number of nitrogens with zero attached hydrogens (tertiary/aromatic N) is 1. The van der Waals surface area contributed by atoms with Crippen molar-refractivity contribution in [2.75, 3.05) is 13.6 Å². The molecule has 3 aliphatic rings. The van der Waals surface area contributed by atoms with Crippen molar-refractivity contribution < 1.29 is 14.4 Å². The zero-order valence-corrected chi connectivity index (χ0v) is 23.3. The van der Waals surface area contributed by atoms with Crippen molar-refractivity contribution in [2.24, 2.45) is 5.73 Å². The van der Waals surface area contributed by atoms with Crippen molar-refractivity contribution in [2.45, 2.75) is 76.9 Å². The van der Waals surface area contributed by atoms with E-state index in [1.165, 1.54) is 25.7 Å². The Kier molecular flexibility index (Phi) is 9.41. The average molecular weight is 532 g/mol. The fourth-order valence-electron chi connectivity index (χ4n) is 6.07. The van der Waals surface area contributed by atoms with E-state index in [4.69, 9.17) is 5.73 Å². The van der Waals surface area contributed by atoms with Crippen molar-refractivity contribution in [1.82, 2.24) is 20.5 Å². The third-order valence-corrected chi connectivity index (χ3v) is 7.79. The summed E-state index contributed by atoms with van der Waals surface area (Å²) in [5, 5.41) is 6.65. The van der Waals surface area contributed by atoms with Gasteiger partial charge in [-0.25, -0.2) is 0 Å². The molecule has 0 bridgehead atoms. The van der Waals surface area contributed by atoms with Crippen molar-refractivity contribution in [3.8, 4) is 0 Å². The monoisotopic (exact) mass is 531 g/mol. The molecule has 1 saturated heterocycles. The highest BCUT2D eigenvalue weighted by molar-refractivity contribution is 5.95. The molecule has 39 heavy (non-hydrogen) atoms. The average Bonchev–Trinajstić information content (AvgIpc) is 3.54. The fraction of sp³-hybridized carbons (Fsp3) is 0.452. The van der Waals surface area contributed by atoms with E-state index >= 15 is 0 Å². The van der Waals surface area contributed by atoms with Gasteiger partial charge in [-0.15, -0.1) is 0 Å². The molecule has 5 N–H and O–H groups in total. The maximum Gasteiger partial charge on any atom is 0.246 e. The standard InChI is InChI=1S/C19H23N5O3.C10H12.C2H6/c1-21-9-16(25)22-13-8-11-10-4-2-3-5-12(10)23-17(11)14-6-7-15(18(20)26)24(14)19(13)27;1-2-6-10-8-4-3-7-9(10)5-1;1-2/h2-5,13-15,21,23H,6-9H2,1H3,(H2,20,26)(H,22,25);1-2,5-6H,3-4,7-8H2;1-2H3. The molecule has 3 atom stereocenters. The number of carbonyl (C=O) groups is 3. The molecule has 3 unspecified atom stereocenters. The number of fused-ring (bicyclic) bond motifs is 6. The molecule has 0 spiro atoms. The molecule has 6 rings (SSSR count). The highest BCUT2D eigenvalue weighted by Gasteiger charge is 2.47. The Morgan fingerprint density at radius 2 is 1.64 bits per heavy atom. The van der Waals surface area contributed by atoms with Gasteiger partial charge in [0.1, 0.15) is 12.1 Å². The molecule has 1 aromatic heterocycles. The molecule has 0 saturated carbocycles. The molecule has 3 aromatic rings. The van der Waals surface area contributed by atoms with Crippen LogP contribution in [-0.2, 0) is 33.6 Å². The molecule has 1 aliphatic carbocycles. The number of carbonyl (C=O) groups excluding carboxylic acids is 3. The molecule has 8 nitrogen and oxygen atoms in total. The zero-order chi connectivity index (χ0) is 27.9. The van der Waals surface area contributed by atoms with Gasteiger partial charge in [0.05, 0.1) is 12.6 Å². The number of benzene rings is 2. The summed E-state index contributed by atoms with van der Waals surface area (Å²) in [4.78, 5) is 42.4. The van der Waals surface area contributed by atoms with E-state index < -0.39 is 18.0 Å². The molecule has 8 heteroatoms. The van der Waals surface area contributed by atoms with Gasteiger partial charge in [0.15, 0.2) is 0 Å². The first-order valence-corrected chi connectivity index (χ1v) is 14.2. The van der Waals surface area contributed by atoms with E-state index in [2.05, 4.69) is 39.9 Å². The van der Waals surface area contributed by atoms with Crippen LogP contribution in [0.15, 0.2) is 48.5 Å². The van der Waals surface area contributed by atoms with E-state index in [0.717, 1.165) is 22.2 Å². The summed E-state index contributed by atoms with van der Waals surface area (Å²) in [6, 6.07) is 15.1. The number of aromatic amines is 1. The van der Waals surface area contributed by atoms with Crippen LogP contribution in [0.3, 0.4) is 0 Å². The minimum Gasteiger partial charge on any atom is -0.368 e. The van der Waals surface area contributed by atoms with Gasteiger partial charge in [-0.3, -0.25) is 14.4 Å². The SMILES string of the molecule is CC.CNCC(=O)NC1Cc2c([nH]c3ccccc23)C2CCC(C(N)=O)N2C1=O.c1ccc2c(c1)CCCC2. The highest BCUT2D eigenvalue weighted by atomic mass is 16.2. The van der Waals surface area contributed by atoms with E-state index in [-0.39, 0.29) is 24.4 Å². The van der Waals surface area contributed by atoms with Crippen molar-refractivity contribution in [1.29, 1.82) is 0 Å². The summed E-state index contributed by atoms with van der Waals surface area (Å²) in [6.45, 7) is 4.12. The van der Waals surface area contributed by atoms with Gasteiger partial charge < -0.3 is 26.3 Å². The number of nitrogens with two attached hydrogens (primary N) is 1. The fourth-order valence-corrected chi connectivity index (χ4v) is 6.07. The molecule has 2 aliphatic heterocycles. The molecule has 0 radical (unpaired) electrons. The highest BCUT2D eigenvalue weighted by Crippen LogP contribution is 2.42. The first-order valence-electron chi connectivity index (χ1n) is 14.2. The summed E-state index contributed by atoms with van der Waals surface area (Å²) >= 11 is 0. The number of hydrogen-bond donors (Lipinski definition) is 4. The summed E-state index contributed by atoms with van der Waals surface area (Å²) in [5.74, 6) is -1.02. The lowest BCUT2D eigenvalue weighted by molar-refractivity contribution is -0.142. The first kappa shape index (κ1) is 28.4. The minimum absolute atomic E-state index is 0.118. The molecule has 1 fully saturated rings. The third-order valence-electron chi connectivity index (χ3n) is 7.79. The number of primary amides is 1. The van der Waals surface area contributed by atoms with Gasteiger partial charge in [0.2, 0.25) is 17.7 Å². The lowest BCUT2D eigenvalue weighted by atomic mass is 9.92. The second kappa shape index (κ2) is 12.9. The third kappa shape index (κ3) is 6.01. The molecular weight excluding hydrogens is 490 g/mol. The number of aromatic nitrogens is 1. The van der Waals surface area contributed by atoms with E-state index in [1.807, 2.05) is 38.1 Å². The number of aryl methyl sites for hydroxylation is 2. The van der Waals surface area contributed by atoms with Crippen molar-refractivity contribution in [3.63, 3.8) is 0 Å². The Bertz CT molecular complexity index is 1290. The van der Waals surface area contributed by atoms with Crippen LogP contribution in [0, 0.1) is 0 Å². The van der Waals surface area contributed by atoms with Crippen molar-refractivity contribution in [3.05, 3.63) is 70.9 Å². The Morgan fingerprint density at radius 3 is 2.28 bits per heavy atom. The van der Waals surface area contributed by atoms with Gasteiger partial charge in [0, 0.05) is 23.0 Å². The Labute approximate surface area is 230 Å². The van der Waals surface area contributed by atoms with Crippen LogP contribution in [0.25, 0.3) is 10.9 Å². The van der Waals surface area contributed by atoms with Crippen LogP contribution in [0.1, 0.15) is 68.0 Å². The summed E-state index contributed by atoms with van der Waals surface area (Å²) in [6.07, 6.45) is 6.95. The van der Waals surface area contributed by atoms with Gasteiger partial charge in [-0.05, 0) is 68.3 Å². The van der Waals surface area contributed by atoms with Crippen LogP contribution < -0.4 is 16.4 Å². The summed E-state index contributed by atoms with van der Waals surface area (Å²) in [7, 11) is 1.67. The predicted molar refractivity (Wildman–Crippen MR) is 154 cm³/mol. The van der Waals surface area contributed by atoms with Gasteiger partial charge in [-0.2, -0.15) is 0 Å². The van der Waals surface area contributed by atoms with E-state index in [1.54, 1.807) is 23.1 Å². The quantitative estimate of drug-likeness (QED) is 0.412. The lowest BCUT2D eigenvalue weighted by Gasteiger charge is -2.29. The second-order valence-electron chi connectivity index (χ2n) is 10.2. The van der Waals surface area contributed by atoms with Gasteiger partial charge >= 0.3 is 0 Å². The normalized spacial score (nSPS) is 21.3. The number of hydrogen-bond acceptors (Lipinski definition) is 4. The van der Waals surface area contributed by atoms with Crippen molar-refractivity contribution >= 4 is 28.6 Å². The van der Waals surface area contributed by atoms with Gasteiger partial charge in [-0.1, -0.05) is 56.3 Å². The largest absolute Gasteiger partial charge is 0.368 e. The summed E-state index contributed by atoms with van der Waals surface area (Å²) in [5.41, 5.74) is 11.7. The summed E-state index contributed by atoms with van der Waals surface area (Å²) < 4.78 is 0. The molecule has 208 valence electrons. The zero-order valence-electron chi connectivity index (χ0n) is 23.3. The van der Waals surface area contributed by atoms with Gasteiger partial charge in [0.25, 0.3) is 0 Å². The number of H-pyrrole nitrogens is 1.